The third kappa shape index (κ3) is 3.87. The first-order valence-corrected chi connectivity index (χ1v) is 9.67. The number of carbonyl (C=O) groups is 2. The Hall–Kier alpha value is -3.00. The number of aliphatic hydroxyl groups excluding tert-OH is 1. The summed E-state index contributed by atoms with van der Waals surface area (Å²) in [5, 5.41) is 11.1. The second-order valence-electron chi connectivity index (χ2n) is 7.21. The molecule has 0 saturated carbocycles. The van der Waals surface area contributed by atoms with E-state index in [-0.39, 0.29) is 6.61 Å². The van der Waals surface area contributed by atoms with E-state index < -0.39 is 42.1 Å². The number of rotatable bonds is 4. The van der Waals surface area contributed by atoms with E-state index in [0.717, 1.165) is 0 Å². The van der Waals surface area contributed by atoms with Crippen LogP contribution in [0, 0.1) is 0 Å². The molecule has 1 N–H and O–H groups in total. The van der Waals surface area contributed by atoms with Crippen LogP contribution in [0.2, 0.25) is 0 Å². The van der Waals surface area contributed by atoms with E-state index in [0.29, 0.717) is 11.1 Å². The molecule has 0 aromatic heterocycles. The largest absolute Gasteiger partial charge is 0.452 e. The van der Waals surface area contributed by atoms with E-state index in [9.17, 15) is 14.7 Å². The van der Waals surface area contributed by atoms with Crippen LogP contribution in [-0.4, -0.2) is 53.9 Å². The third-order valence-corrected chi connectivity index (χ3v) is 5.19. The first-order valence-electron chi connectivity index (χ1n) is 9.67. The predicted octanol–water partition coefficient (Wildman–Crippen LogP) is 2.50. The van der Waals surface area contributed by atoms with E-state index >= 15 is 0 Å². The number of benzene rings is 2. The molecule has 7 nitrogen and oxygen atoms in total. The SMILES string of the molecule is C[C@@H]1OC[C@]2(O1)[C@H](OC(=O)c1ccccc1)C=C[C@@H](OC(=O)c1ccccc1)[C@@H]2O. The lowest BCUT2D eigenvalue weighted by Crippen LogP contribution is -2.61. The van der Waals surface area contributed by atoms with Crippen molar-refractivity contribution < 1.29 is 33.6 Å². The minimum Gasteiger partial charge on any atom is -0.452 e. The van der Waals surface area contributed by atoms with Gasteiger partial charge in [-0.1, -0.05) is 36.4 Å². The number of hydrogen-bond acceptors (Lipinski definition) is 7. The molecule has 2 aromatic carbocycles. The molecule has 7 heteroatoms. The molecule has 2 aliphatic rings. The smallest absolute Gasteiger partial charge is 0.338 e. The Kier molecular flexibility index (Phi) is 5.67. The van der Waals surface area contributed by atoms with Gasteiger partial charge in [0.05, 0.1) is 17.7 Å². The summed E-state index contributed by atoms with van der Waals surface area (Å²) in [6.45, 7) is 1.66. The zero-order chi connectivity index (χ0) is 21.1. The fourth-order valence-electron chi connectivity index (χ4n) is 3.62. The molecule has 1 spiro atoms. The van der Waals surface area contributed by atoms with Crippen LogP contribution in [0.1, 0.15) is 27.6 Å². The van der Waals surface area contributed by atoms with E-state index in [4.69, 9.17) is 18.9 Å². The van der Waals surface area contributed by atoms with Gasteiger partial charge in [-0.15, -0.1) is 0 Å². The van der Waals surface area contributed by atoms with Crippen molar-refractivity contribution in [3.63, 3.8) is 0 Å². The van der Waals surface area contributed by atoms with Gasteiger partial charge in [-0.3, -0.25) is 0 Å². The molecular weight excluding hydrogens is 388 g/mol. The van der Waals surface area contributed by atoms with Crippen LogP contribution >= 0.6 is 0 Å². The molecule has 0 bridgehead atoms. The van der Waals surface area contributed by atoms with Gasteiger partial charge < -0.3 is 24.1 Å². The third-order valence-electron chi connectivity index (χ3n) is 5.19. The number of ether oxygens (including phenoxy) is 4. The second kappa shape index (κ2) is 8.39. The number of aliphatic hydroxyl groups is 1. The summed E-state index contributed by atoms with van der Waals surface area (Å²) in [5.41, 5.74) is -0.651. The van der Waals surface area contributed by atoms with Crippen molar-refractivity contribution in [1.29, 1.82) is 0 Å². The Morgan fingerprint density at radius 3 is 2.03 bits per heavy atom. The fraction of sp³-hybridized carbons (Fsp3) is 0.304. The van der Waals surface area contributed by atoms with Gasteiger partial charge in [-0.25, -0.2) is 9.59 Å². The topological polar surface area (TPSA) is 91.3 Å². The standard InChI is InChI=1S/C23H22O7/c1-15-27-14-23(30-15)19(29-22(26)17-10-6-3-7-11-17)13-12-18(20(23)24)28-21(25)16-8-4-2-5-9-16/h2-13,15,18-20,24H,14H2,1H3/t15-,18-,19-,20+,23+/m1/s1. The fourth-order valence-corrected chi connectivity index (χ4v) is 3.62. The maximum absolute atomic E-state index is 12.6. The monoisotopic (exact) mass is 410 g/mol. The van der Waals surface area contributed by atoms with Crippen LogP contribution < -0.4 is 0 Å². The van der Waals surface area contributed by atoms with Gasteiger partial charge >= 0.3 is 11.9 Å². The van der Waals surface area contributed by atoms with Crippen molar-refractivity contribution in [3.05, 3.63) is 83.9 Å². The van der Waals surface area contributed by atoms with Crippen LogP contribution in [0.25, 0.3) is 0 Å². The van der Waals surface area contributed by atoms with Gasteiger partial charge in [-0.2, -0.15) is 0 Å². The Balaban J connectivity index is 1.56. The maximum Gasteiger partial charge on any atom is 0.338 e. The second-order valence-corrected chi connectivity index (χ2v) is 7.21. The van der Waals surface area contributed by atoms with Crippen LogP contribution in [0.3, 0.4) is 0 Å². The van der Waals surface area contributed by atoms with Crippen LogP contribution in [0.4, 0.5) is 0 Å². The Labute approximate surface area is 173 Å². The van der Waals surface area contributed by atoms with Crippen molar-refractivity contribution in [2.45, 2.75) is 37.1 Å². The van der Waals surface area contributed by atoms with E-state index in [1.165, 1.54) is 6.08 Å². The van der Waals surface area contributed by atoms with Crippen molar-refractivity contribution in [2.75, 3.05) is 6.61 Å². The molecule has 1 fully saturated rings. The highest BCUT2D eigenvalue weighted by Crippen LogP contribution is 2.38. The first-order chi connectivity index (χ1) is 14.5. The Morgan fingerprint density at radius 1 is 0.933 bits per heavy atom. The molecule has 156 valence electrons. The summed E-state index contributed by atoms with van der Waals surface area (Å²) < 4.78 is 22.5. The quantitative estimate of drug-likeness (QED) is 0.612. The molecule has 0 radical (unpaired) electrons. The Bertz CT molecular complexity index is 927. The van der Waals surface area contributed by atoms with E-state index in [1.807, 2.05) is 0 Å². The number of carbonyl (C=O) groups excluding carboxylic acids is 2. The van der Waals surface area contributed by atoms with Gasteiger partial charge in [0.2, 0.25) is 0 Å². The molecular formula is C23H22O7. The van der Waals surface area contributed by atoms with Crippen molar-refractivity contribution in [1.82, 2.24) is 0 Å². The predicted molar refractivity (Wildman–Crippen MR) is 106 cm³/mol. The van der Waals surface area contributed by atoms with Gasteiger partial charge in [0.25, 0.3) is 0 Å². The average Bonchev–Trinajstić information content (AvgIpc) is 3.17. The minimum absolute atomic E-state index is 0.0220. The number of hydrogen-bond donors (Lipinski definition) is 1. The zero-order valence-electron chi connectivity index (χ0n) is 16.3. The Morgan fingerprint density at radius 2 is 1.50 bits per heavy atom. The molecule has 0 amide bonds. The van der Waals surface area contributed by atoms with Gasteiger partial charge in [0.1, 0.15) is 12.2 Å². The van der Waals surface area contributed by atoms with Crippen LogP contribution in [0.15, 0.2) is 72.8 Å². The minimum atomic E-state index is -1.39. The van der Waals surface area contributed by atoms with E-state index in [1.54, 1.807) is 73.7 Å². The molecule has 2 aromatic rings. The summed E-state index contributed by atoms with van der Waals surface area (Å²) in [6, 6.07) is 17.0. The molecule has 30 heavy (non-hydrogen) atoms. The van der Waals surface area contributed by atoms with Gasteiger partial charge in [-0.05, 0) is 43.3 Å². The van der Waals surface area contributed by atoms with E-state index in [2.05, 4.69) is 0 Å². The molecule has 5 atom stereocenters. The van der Waals surface area contributed by atoms with Crippen molar-refractivity contribution in [2.24, 2.45) is 0 Å². The van der Waals surface area contributed by atoms with Gasteiger partial charge in [0.15, 0.2) is 18.0 Å². The lowest BCUT2D eigenvalue weighted by atomic mass is 9.82. The lowest BCUT2D eigenvalue weighted by Gasteiger charge is -2.42. The summed E-state index contributed by atoms with van der Waals surface area (Å²) in [5.74, 6) is -1.13. The van der Waals surface area contributed by atoms with Gasteiger partial charge in [0, 0.05) is 0 Å². The number of esters is 2. The van der Waals surface area contributed by atoms with Crippen molar-refractivity contribution >= 4 is 11.9 Å². The molecule has 1 aliphatic carbocycles. The lowest BCUT2D eigenvalue weighted by molar-refractivity contribution is -0.185. The summed E-state index contributed by atoms with van der Waals surface area (Å²) in [6.07, 6.45) is -0.748. The van der Waals surface area contributed by atoms with Crippen LogP contribution in [0.5, 0.6) is 0 Å². The van der Waals surface area contributed by atoms with Crippen molar-refractivity contribution in [3.8, 4) is 0 Å². The van der Waals surface area contributed by atoms with Crippen LogP contribution in [-0.2, 0) is 18.9 Å². The maximum atomic E-state index is 12.6. The summed E-state index contributed by atoms with van der Waals surface area (Å²) in [4.78, 5) is 25.0. The molecule has 1 saturated heterocycles. The summed E-state index contributed by atoms with van der Waals surface area (Å²) in [7, 11) is 0. The highest BCUT2D eigenvalue weighted by Gasteiger charge is 2.58. The summed E-state index contributed by atoms with van der Waals surface area (Å²) >= 11 is 0. The molecule has 1 heterocycles. The highest BCUT2D eigenvalue weighted by atomic mass is 16.7. The zero-order valence-corrected chi connectivity index (χ0v) is 16.3. The molecule has 1 aliphatic heterocycles. The first kappa shape index (κ1) is 20.3. The normalized spacial score (nSPS) is 30.2. The highest BCUT2D eigenvalue weighted by molar-refractivity contribution is 5.90. The molecule has 0 unspecified atom stereocenters. The average molecular weight is 410 g/mol. The molecule has 4 rings (SSSR count).